The van der Waals surface area contributed by atoms with E-state index in [9.17, 15) is 4.79 Å². The molecule has 0 heterocycles. The van der Waals surface area contributed by atoms with Gasteiger partial charge in [0, 0.05) is 5.33 Å². The van der Waals surface area contributed by atoms with Gasteiger partial charge >= 0.3 is 5.97 Å². The molecule has 0 aliphatic carbocycles. The van der Waals surface area contributed by atoms with Crippen LogP contribution in [-0.4, -0.2) is 22.7 Å². The number of benzene rings is 1. The number of halogens is 2. The highest BCUT2D eigenvalue weighted by atomic mass is 79.9. The zero-order chi connectivity index (χ0) is 12.2. The molecule has 0 bridgehead atoms. The Kier molecular flexibility index (Phi) is 4.80. The maximum absolute atomic E-state index is 11.7. The predicted molar refractivity (Wildman–Crippen MR) is 69.8 cm³/mol. The van der Waals surface area contributed by atoms with Crippen LogP contribution in [0.3, 0.4) is 0 Å². The molecule has 0 saturated heterocycles. The second kappa shape index (κ2) is 5.68. The molecule has 0 aromatic heterocycles. The molecular weight excluding hydrogens is 340 g/mol. The maximum atomic E-state index is 11.7. The molecule has 1 rings (SSSR count). The van der Waals surface area contributed by atoms with Gasteiger partial charge in [0.2, 0.25) is 0 Å². The quantitative estimate of drug-likeness (QED) is 0.475. The molecule has 0 amide bonds. The van der Waals surface area contributed by atoms with Gasteiger partial charge in [0.25, 0.3) is 0 Å². The zero-order valence-electron chi connectivity index (χ0n) is 9.00. The largest absolute Gasteiger partial charge is 0.497 e. The second-order valence-corrected chi connectivity index (χ2v) is 5.71. The van der Waals surface area contributed by atoms with Crippen LogP contribution in [0.25, 0.3) is 0 Å². The number of ether oxygens (including phenoxy) is 2. The van der Waals surface area contributed by atoms with Crippen LogP contribution >= 0.6 is 31.9 Å². The molecule has 0 aliphatic heterocycles. The third-order valence-electron chi connectivity index (χ3n) is 1.95. The highest BCUT2D eigenvalue weighted by Crippen LogP contribution is 2.24. The van der Waals surface area contributed by atoms with Crippen LogP contribution < -0.4 is 9.47 Å². The van der Waals surface area contributed by atoms with E-state index in [1.54, 1.807) is 38.3 Å². The number of methoxy groups -OCH3 is 1. The smallest absolute Gasteiger partial charge is 0.328 e. The molecule has 0 radical (unpaired) electrons. The Morgan fingerprint density at radius 3 is 2.25 bits per heavy atom. The molecule has 0 unspecified atom stereocenters. The van der Waals surface area contributed by atoms with Gasteiger partial charge in [0.05, 0.1) is 7.11 Å². The first kappa shape index (κ1) is 13.5. The average Bonchev–Trinajstić information content (AvgIpc) is 2.30. The van der Waals surface area contributed by atoms with Crippen LogP contribution in [0, 0.1) is 0 Å². The van der Waals surface area contributed by atoms with Crippen LogP contribution in [0.2, 0.25) is 0 Å². The lowest BCUT2D eigenvalue weighted by molar-refractivity contribution is -0.135. The summed E-state index contributed by atoms with van der Waals surface area (Å²) in [6.07, 6.45) is 0. The first-order chi connectivity index (χ1) is 7.49. The molecule has 0 fully saturated rings. The summed E-state index contributed by atoms with van der Waals surface area (Å²) in [7, 11) is 1.58. The van der Waals surface area contributed by atoms with Crippen molar-refractivity contribution in [3.8, 4) is 11.5 Å². The van der Waals surface area contributed by atoms with Gasteiger partial charge in [0.15, 0.2) is 0 Å². The number of carbonyl (C=O) groups excluding carboxylic acids is 1. The molecular formula is C11H12Br2O3. The van der Waals surface area contributed by atoms with Crippen molar-refractivity contribution in [2.24, 2.45) is 0 Å². The molecule has 0 aliphatic rings. The van der Waals surface area contributed by atoms with E-state index in [4.69, 9.17) is 9.47 Å². The lowest BCUT2D eigenvalue weighted by Crippen LogP contribution is -2.34. The third kappa shape index (κ3) is 3.49. The average molecular weight is 352 g/mol. The molecule has 0 spiro atoms. The first-order valence-corrected chi connectivity index (χ1v) is 6.52. The van der Waals surface area contributed by atoms with Crippen molar-refractivity contribution in [2.75, 3.05) is 12.4 Å². The van der Waals surface area contributed by atoms with E-state index in [1.165, 1.54) is 0 Å². The minimum absolute atomic E-state index is 0.338. The maximum Gasteiger partial charge on any atom is 0.328 e. The molecule has 0 saturated carbocycles. The Hall–Kier alpha value is -0.550. The Balaban J connectivity index is 2.70. The molecule has 88 valence electrons. The van der Waals surface area contributed by atoms with Gasteiger partial charge < -0.3 is 9.47 Å². The van der Waals surface area contributed by atoms with Gasteiger partial charge in [-0.1, -0.05) is 31.9 Å². The van der Waals surface area contributed by atoms with Crippen LogP contribution in [-0.2, 0) is 4.79 Å². The lowest BCUT2D eigenvalue weighted by atomic mass is 10.2. The van der Waals surface area contributed by atoms with Crippen molar-refractivity contribution in [2.45, 2.75) is 11.2 Å². The molecule has 1 aromatic carbocycles. The number of hydrogen-bond donors (Lipinski definition) is 0. The van der Waals surface area contributed by atoms with Crippen LogP contribution in [0.4, 0.5) is 0 Å². The van der Waals surface area contributed by atoms with E-state index in [2.05, 4.69) is 31.9 Å². The van der Waals surface area contributed by atoms with Crippen molar-refractivity contribution >= 4 is 37.8 Å². The van der Waals surface area contributed by atoms with Crippen LogP contribution in [0.15, 0.2) is 24.3 Å². The zero-order valence-corrected chi connectivity index (χ0v) is 12.2. The van der Waals surface area contributed by atoms with Crippen molar-refractivity contribution in [1.29, 1.82) is 0 Å². The summed E-state index contributed by atoms with van der Waals surface area (Å²) in [6, 6.07) is 6.85. The Bertz CT molecular complexity index is 360. The van der Waals surface area contributed by atoms with Gasteiger partial charge in [-0.25, -0.2) is 0 Å². The van der Waals surface area contributed by atoms with Crippen molar-refractivity contribution in [3.05, 3.63) is 24.3 Å². The highest BCUT2D eigenvalue weighted by Gasteiger charge is 2.30. The molecule has 0 N–H and O–H groups in total. The van der Waals surface area contributed by atoms with Crippen molar-refractivity contribution in [3.63, 3.8) is 0 Å². The summed E-state index contributed by atoms with van der Waals surface area (Å²) >= 11 is 6.53. The molecule has 3 nitrogen and oxygen atoms in total. The third-order valence-corrected chi connectivity index (χ3v) is 4.42. The Labute approximate surface area is 111 Å². The minimum atomic E-state index is -0.715. The van der Waals surface area contributed by atoms with E-state index < -0.39 is 4.32 Å². The normalized spacial score (nSPS) is 14.0. The Morgan fingerprint density at radius 2 is 1.81 bits per heavy atom. The number of alkyl halides is 2. The molecule has 5 heteroatoms. The number of rotatable bonds is 4. The summed E-state index contributed by atoms with van der Waals surface area (Å²) in [4.78, 5) is 11.7. The van der Waals surface area contributed by atoms with E-state index in [-0.39, 0.29) is 5.97 Å². The fraction of sp³-hybridized carbons (Fsp3) is 0.364. The summed E-state index contributed by atoms with van der Waals surface area (Å²) in [6.45, 7) is 1.74. The van der Waals surface area contributed by atoms with Crippen LogP contribution in [0.5, 0.6) is 11.5 Å². The predicted octanol–water partition coefficient (Wildman–Crippen LogP) is 3.15. The number of carbonyl (C=O) groups is 1. The fourth-order valence-corrected chi connectivity index (χ4v) is 1.22. The van der Waals surface area contributed by atoms with Gasteiger partial charge in [0.1, 0.15) is 15.8 Å². The van der Waals surface area contributed by atoms with E-state index in [1.807, 2.05) is 0 Å². The minimum Gasteiger partial charge on any atom is -0.497 e. The SMILES string of the molecule is COc1ccc(OC(=O)[C@](C)(Br)CBr)cc1. The molecule has 1 atom stereocenters. The van der Waals surface area contributed by atoms with E-state index in [0.717, 1.165) is 5.75 Å². The number of esters is 1. The topological polar surface area (TPSA) is 35.5 Å². The summed E-state index contributed by atoms with van der Waals surface area (Å²) in [5, 5.41) is 0.481. The van der Waals surface area contributed by atoms with Gasteiger partial charge in [-0.3, -0.25) is 4.79 Å². The molecule has 16 heavy (non-hydrogen) atoms. The number of hydrogen-bond acceptors (Lipinski definition) is 3. The standard InChI is InChI=1S/C11H12Br2O3/c1-11(13,7-12)10(14)16-9-5-3-8(15-2)4-6-9/h3-6H,7H2,1-2H3/t11-/m1/s1. The van der Waals surface area contributed by atoms with E-state index in [0.29, 0.717) is 11.1 Å². The monoisotopic (exact) mass is 350 g/mol. The van der Waals surface area contributed by atoms with Gasteiger partial charge in [-0.05, 0) is 31.2 Å². The Morgan fingerprint density at radius 1 is 1.31 bits per heavy atom. The first-order valence-electron chi connectivity index (χ1n) is 4.61. The van der Waals surface area contributed by atoms with E-state index >= 15 is 0 Å². The second-order valence-electron chi connectivity index (χ2n) is 3.40. The fourth-order valence-electron chi connectivity index (χ4n) is 0.912. The van der Waals surface area contributed by atoms with Gasteiger partial charge in [-0.15, -0.1) is 0 Å². The molecule has 1 aromatic rings. The summed E-state index contributed by atoms with van der Waals surface area (Å²) in [5.41, 5.74) is 0. The summed E-state index contributed by atoms with van der Waals surface area (Å²) in [5.74, 6) is 0.883. The van der Waals surface area contributed by atoms with Crippen LogP contribution in [0.1, 0.15) is 6.92 Å². The van der Waals surface area contributed by atoms with Gasteiger partial charge in [-0.2, -0.15) is 0 Å². The summed E-state index contributed by atoms with van der Waals surface area (Å²) < 4.78 is 9.49. The highest BCUT2D eigenvalue weighted by molar-refractivity contribution is 9.12. The lowest BCUT2D eigenvalue weighted by Gasteiger charge is -2.17. The van der Waals surface area contributed by atoms with Crippen molar-refractivity contribution < 1.29 is 14.3 Å². The van der Waals surface area contributed by atoms with Crippen molar-refractivity contribution in [1.82, 2.24) is 0 Å².